The Balaban J connectivity index is 1.44. The van der Waals surface area contributed by atoms with E-state index in [9.17, 15) is 26.7 Å². The molecule has 0 radical (unpaired) electrons. The molecule has 4 aromatic rings. The van der Waals surface area contributed by atoms with E-state index in [2.05, 4.69) is 20.5 Å². The molecule has 39 heavy (non-hydrogen) atoms. The number of nitrogens with one attached hydrogen (secondary N) is 1. The molecule has 12 heteroatoms. The first-order valence-electron chi connectivity index (χ1n) is 12.6. The van der Waals surface area contributed by atoms with Crippen molar-refractivity contribution in [3.63, 3.8) is 0 Å². The summed E-state index contributed by atoms with van der Waals surface area (Å²) in [6.07, 6.45) is -0.975. The molecule has 2 aromatic carbocycles. The summed E-state index contributed by atoms with van der Waals surface area (Å²) < 4.78 is 72.9. The van der Waals surface area contributed by atoms with Crippen LogP contribution >= 0.6 is 0 Å². The van der Waals surface area contributed by atoms with E-state index in [1.54, 1.807) is 35.9 Å². The van der Waals surface area contributed by atoms with Gasteiger partial charge in [0.15, 0.2) is 0 Å². The van der Waals surface area contributed by atoms with Crippen LogP contribution in [-0.4, -0.2) is 36.8 Å². The van der Waals surface area contributed by atoms with Crippen molar-refractivity contribution in [1.82, 2.24) is 29.6 Å². The van der Waals surface area contributed by atoms with Crippen LogP contribution in [0.4, 0.5) is 22.0 Å². The van der Waals surface area contributed by atoms with Crippen molar-refractivity contribution in [3.8, 4) is 5.69 Å². The minimum absolute atomic E-state index is 0.167. The second-order valence-corrected chi connectivity index (χ2v) is 10.6. The Morgan fingerprint density at radius 2 is 1.87 bits per heavy atom. The van der Waals surface area contributed by atoms with Gasteiger partial charge in [0.2, 0.25) is 0 Å². The summed E-state index contributed by atoms with van der Waals surface area (Å²) in [6, 6.07) is 8.94. The lowest BCUT2D eigenvalue weighted by atomic mass is 9.61. The van der Waals surface area contributed by atoms with Gasteiger partial charge in [-0.3, -0.25) is 9.36 Å². The Labute approximate surface area is 219 Å². The first kappa shape index (κ1) is 25.6. The number of aryl methyl sites for hydroxylation is 1. The van der Waals surface area contributed by atoms with E-state index in [-0.39, 0.29) is 11.9 Å². The number of aromatic nitrogens is 5. The van der Waals surface area contributed by atoms with Crippen LogP contribution in [0.5, 0.6) is 0 Å². The molecule has 2 saturated carbocycles. The van der Waals surface area contributed by atoms with Crippen LogP contribution in [0.25, 0.3) is 16.6 Å². The average Bonchev–Trinajstić information content (AvgIpc) is 3.59. The van der Waals surface area contributed by atoms with Gasteiger partial charge in [-0.25, -0.2) is 13.8 Å². The molecule has 2 fully saturated rings. The maximum absolute atomic E-state index is 14.2. The van der Waals surface area contributed by atoms with Crippen LogP contribution in [-0.2, 0) is 25.2 Å². The summed E-state index contributed by atoms with van der Waals surface area (Å²) >= 11 is 0. The van der Waals surface area contributed by atoms with E-state index in [4.69, 9.17) is 0 Å². The third kappa shape index (κ3) is 4.60. The fourth-order valence-electron chi connectivity index (χ4n) is 5.53. The molecular weight excluding hydrogens is 519 g/mol. The first-order chi connectivity index (χ1) is 18.5. The summed E-state index contributed by atoms with van der Waals surface area (Å²) in [4.78, 5) is 17.6. The van der Waals surface area contributed by atoms with Gasteiger partial charge in [-0.05, 0) is 60.7 Å². The van der Waals surface area contributed by atoms with E-state index in [0.717, 1.165) is 29.8 Å². The third-order valence-electron chi connectivity index (χ3n) is 7.62. The molecule has 2 aliphatic carbocycles. The maximum Gasteiger partial charge on any atom is 0.418 e. The minimum Gasteiger partial charge on any atom is -0.320 e. The topological polar surface area (TPSA) is 77.6 Å². The van der Waals surface area contributed by atoms with Crippen LogP contribution in [0.15, 0.2) is 53.8 Å². The number of benzene rings is 2. The van der Waals surface area contributed by atoms with Gasteiger partial charge < -0.3 is 9.88 Å². The van der Waals surface area contributed by atoms with Gasteiger partial charge in [-0.15, -0.1) is 10.2 Å². The molecule has 204 valence electrons. The SMILES string of the molecule is Cn1cnnc1C1(c2cccc(-n3cnc4c(C(F)(F)F)cc(CNCC5CC5)cc4c3=O)c2)CC(F)(F)C1. The zero-order valence-corrected chi connectivity index (χ0v) is 21.0. The Morgan fingerprint density at radius 3 is 2.51 bits per heavy atom. The van der Waals surface area contributed by atoms with Gasteiger partial charge in [-0.1, -0.05) is 12.1 Å². The fraction of sp³-hybridized carbons (Fsp3) is 0.407. The van der Waals surface area contributed by atoms with Gasteiger partial charge in [0, 0.05) is 26.4 Å². The minimum atomic E-state index is -4.70. The molecule has 7 nitrogen and oxygen atoms in total. The zero-order chi connectivity index (χ0) is 27.6. The van der Waals surface area contributed by atoms with E-state index < -0.39 is 47.0 Å². The Morgan fingerprint density at radius 1 is 1.10 bits per heavy atom. The predicted octanol–water partition coefficient (Wildman–Crippen LogP) is 4.75. The normalized spacial score (nSPS) is 18.3. The molecular formula is C27H25F5N6O. The standard InChI is InChI=1S/C27H25F5N6O/c1-37-15-35-36-24(37)25(12-26(28,29)13-25)18-3-2-4-19(9-18)38-14-34-22-20(23(38)39)7-17(8-21(22)27(30,31)32)11-33-10-16-5-6-16/h2-4,7-9,14-16,33H,5-6,10-13H2,1H3. The monoisotopic (exact) mass is 544 g/mol. The van der Waals surface area contributed by atoms with Gasteiger partial charge >= 0.3 is 6.18 Å². The molecule has 2 aromatic heterocycles. The maximum atomic E-state index is 14.2. The lowest BCUT2D eigenvalue weighted by molar-refractivity contribution is -0.136. The van der Waals surface area contributed by atoms with E-state index >= 15 is 0 Å². The number of fused-ring (bicyclic) bond motifs is 1. The summed E-state index contributed by atoms with van der Waals surface area (Å²) in [6.45, 7) is 0.892. The summed E-state index contributed by atoms with van der Waals surface area (Å²) in [5, 5.41) is 10.9. The lowest BCUT2D eigenvalue weighted by Gasteiger charge is -2.46. The molecule has 2 aliphatic rings. The van der Waals surface area contributed by atoms with Gasteiger partial charge in [0.25, 0.3) is 11.5 Å². The lowest BCUT2D eigenvalue weighted by Crippen LogP contribution is -2.51. The number of alkyl halides is 5. The molecule has 1 N–H and O–H groups in total. The van der Waals surface area contributed by atoms with Gasteiger partial charge in [0.05, 0.1) is 27.6 Å². The van der Waals surface area contributed by atoms with Crippen molar-refractivity contribution in [2.45, 2.75) is 49.7 Å². The molecule has 0 unspecified atom stereocenters. The van der Waals surface area contributed by atoms with Gasteiger partial charge in [-0.2, -0.15) is 13.2 Å². The quantitative estimate of drug-likeness (QED) is 0.340. The van der Waals surface area contributed by atoms with Crippen molar-refractivity contribution in [1.29, 1.82) is 0 Å². The Hall–Kier alpha value is -3.67. The van der Waals surface area contributed by atoms with Gasteiger partial charge in [0.1, 0.15) is 18.5 Å². The molecule has 0 bridgehead atoms. The molecule has 0 atom stereocenters. The number of hydrogen-bond acceptors (Lipinski definition) is 5. The number of hydrogen-bond donors (Lipinski definition) is 1. The Kier molecular flexibility index (Phi) is 5.87. The Bertz CT molecular complexity index is 1610. The van der Waals surface area contributed by atoms with Crippen molar-refractivity contribution >= 4 is 10.9 Å². The van der Waals surface area contributed by atoms with Crippen LogP contribution in [0.3, 0.4) is 0 Å². The number of nitrogens with zero attached hydrogens (tertiary/aromatic N) is 5. The third-order valence-corrected chi connectivity index (χ3v) is 7.62. The largest absolute Gasteiger partial charge is 0.418 e. The predicted molar refractivity (Wildman–Crippen MR) is 133 cm³/mol. The summed E-state index contributed by atoms with van der Waals surface area (Å²) in [7, 11) is 1.67. The van der Waals surface area contributed by atoms with E-state index in [0.29, 0.717) is 35.1 Å². The molecule has 6 rings (SSSR count). The molecule has 0 aliphatic heterocycles. The molecule has 0 amide bonds. The highest BCUT2D eigenvalue weighted by molar-refractivity contribution is 5.82. The molecule has 2 heterocycles. The second-order valence-electron chi connectivity index (χ2n) is 10.6. The molecule has 0 spiro atoms. The van der Waals surface area contributed by atoms with Crippen molar-refractivity contribution in [2.24, 2.45) is 13.0 Å². The zero-order valence-electron chi connectivity index (χ0n) is 21.0. The van der Waals surface area contributed by atoms with Crippen LogP contribution in [0.1, 0.15) is 48.2 Å². The highest BCUT2D eigenvalue weighted by Gasteiger charge is 2.60. The molecule has 0 saturated heterocycles. The second kappa shape index (κ2) is 8.94. The van der Waals surface area contributed by atoms with E-state index in [1.165, 1.54) is 12.4 Å². The van der Waals surface area contributed by atoms with Crippen molar-refractivity contribution < 1.29 is 22.0 Å². The average molecular weight is 545 g/mol. The van der Waals surface area contributed by atoms with Crippen molar-refractivity contribution in [3.05, 3.63) is 81.9 Å². The van der Waals surface area contributed by atoms with Crippen LogP contribution < -0.4 is 10.9 Å². The summed E-state index contributed by atoms with van der Waals surface area (Å²) in [5.41, 5.74) is -2.07. The summed E-state index contributed by atoms with van der Waals surface area (Å²) in [5.74, 6) is -1.98. The van der Waals surface area contributed by atoms with Crippen LogP contribution in [0, 0.1) is 5.92 Å². The number of halogens is 5. The fourth-order valence-corrected chi connectivity index (χ4v) is 5.53. The smallest absolute Gasteiger partial charge is 0.320 e. The van der Waals surface area contributed by atoms with Crippen molar-refractivity contribution in [2.75, 3.05) is 6.54 Å². The highest BCUT2D eigenvalue weighted by atomic mass is 19.4. The van der Waals surface area contributed by atoms with Crippen LogP contribution in [0.2, 0.25) is 0 Å². The first-order valence-corrected chi connectivity index (χ1v) is 12.6. The number of rotatable bonds is 7. The highest BCUT2D eigenvalue weighted by Crippen LogP contribution is 2.56. The van der Waals surface area contributed by atoms with E-state index in [1.807, 2.05) is 0 Å².